The number of carbonyl (C=O) groups is 6. The van der Waals surface area contributed by atoms with E-state index < -0.39 is 76.5 Å². The highest BCUT2D eigenvalue weighted by molar-refractivity contribution is 7.81. The van der Waals surface area contributed by atoms with Gasteiger partial charge in [-0.15, -0.1) is 0 Å². The van der Waals surface area contributed by atoms with Crippen molar-refractivity contribution in [2.75, 3.05) is 6.54 Å². The zero-order valence-corrected chi connectivity index (χ0v) is 39.7. The largest absolute Gasteiger partial charge is 0.480 e. The van der Waals surface area contributed by atoms with Crippen molar-refractivity contribution in [2.24, 2.45) is 11.5 Å². The minimum atomic E-state index is -1.39. The molecule has 6 atom stereocenters. The van der Waals surface area contributed by atoms with E-state index in [-0.39, 0.29) is 51.0 Å². The number of aromatic amines is 2. The minimum Gasteiger partial charge on any atom is -0.480 e. The average Bonchev–Trinajstić information content (AvgIpc) is 4.01. The van der Waals surface area contributed by atoms with Crippen molar-refractivity contribution in [1.29, 1.82) is 5.41 Å². The first-order valence-corrected chi connectivity index (χ1v) is 23.2. The number of aliphatic carboxylic acids is 1. The Bertz CT molecular complexity index is 2780. The third-order valence-electron chi connectivity index (χ3n) is 11.8. The summed E-state index contributed by atoms with van der Waals surface area (Å²) in [6, 6.07) is 21.7. The fourth-order valence-corrected chi connectivity index (χ4v) is 8.00. The molecule has 6 aromatic rings. The smallest absolute Gasteiger partial charge is 0.326 e. The van der Waals surface area contributed by atoms with Crippen LogP contribution in [-0.4, -0.2) is 109 Å². The van der Waals surface area contributed by atoms with Crippen LogP contribution in [0.15, 0.2) is 116 Å². The summed E-state index contributed by atoms with van der Waals surface area (Å²) < 4.78 is -0.951. The number of thiol groups is 1. The van der Waals surface area contributed by atoms with Crippen molar-refractivity contribution < 1.29 is 33.9 Å². The summed E-state index contributed by atoms with van der Waals surface area (Å²) in [4.78, 5) is 94.1. The summed E-state index contributed by atoms with van der Waals surface area (Å²) >= 11 is 4.44. The molecule has 5 amide bonds. The van der Waals surface area contributed by atoms with Gasteiger partial charge in [-0.2, -0.15) is 12.6 Å². The van der Waals surface area contributed by atoms with E-state index in [0.717, 1.165) is 21.7 Å². The number of H-pyrrole nitrogens is 2. The van der Waals surface area contributed by atoms with Crippen LogP contribution in [0.2, 0.25) is 0 Å². The molecular formula is C50H60N12O7S. The van der Waals surface area contributed by atoms with E-state index in [4.69, 9.17) is 16.9 Å². The van der Waals surface area contributed by atoms with Gasteiger partial charge in [0.05, 0.1) is 18.1 Å². The Balaban J connectivity index is 1.28. The van der Waals surface area contributed by atoms with Gasteiger partial charge in [-0.05, 0) is 60.2 Å². The molecule has 70 heavy (non-hydrogen) atoms. The number of imidazole rings is 1. The summed E-state index contributed by atoms with van der Waals surface area (Å²) in [6.07, 6.45) is 4.63. The standard InChI is InChI=1S/C50H60N12O7S/c1-50(2,70)42(51)47(67)61-40(25-34-27-54-28-57-34)46(66)60-38(22-29-11-4-3-5-12-29)44(64)58-37(17-10-20-55-49(52)53)43(63)59-39(23-30-18-19-31-13-6-7-14-32(31)21-30)45(65)62-41(48(68)69)24-33-26-56-36-16-9-8-15-35(33)36/h3-9,11-16,18-19,21,26-28,37-42,56,70H,10,17,20,22-25,51H2,1-2H3,(H,54,57)(H,58,64)(H,59,63)(H,60,66)(H,61,67)(H,62,65)(H,68,69)(H4,52,53,55)/t37-,38+,39-,40-,41-,42+/m0/s1. The van der Waals surface area contributed by atoms with Crippen molar-refractivity contribution in [3.05, 3.63) is 138 Å². The number of nitrogens with one attached hydrogen (secondary N) is 9. The van der Waals surface area contributed by atoms with Gasteiger partial charge in [0, 0.05) is 60.3 Å². The second kappa shape index (κ2) is 24.0. The predicted octanol–water partition coefficient (Wildman–Crippen LogP) is 2.12. The Hall–Kier alpha value is -7.71. The highest BCUT2D eigenvalue weighted by Gasteiger charge is 2.35. The van der Waals surface area contributed by atoms with E-state index in [1.807, 2.05) is 66.7 Å². The lowest BCUT2D eigenvalue weighted by Crippen LogP contribution is -2.61. The first-order valence-electron chi connectivity index (χ1n) is 22.8. The van der Waals surface area contributed by atoms with Gasteiger partial charge in [0.25, 0.3) is 0 Å². The molecular weight excluding hydrogens is 913 g/mol. The third kappa shape index (κ3) is 14.6. The Kier molecular flexibility index (Phi) is 17.7. The Morgan fingerprint density at radius 1 is 0.686 bits per heavy atom. The van der Waals surface area contributed by atoms with Gasteiger partial charge in [0.2, 0.25) is 29.5 Å². The average molecular weight is 973 g/mol. The predicted molar refractivity (Wildman–Crippen MR) is 270 cm³/mol. The molecule has 0 saturated heterocycles. The van der Waals surface area contributed by atoms with E-state index in [0.29, 0.717) is 22.4 Å². The van der Waals surface area contributed by atoms with Crippen LogP contribution in [0, 0.1) is 5.41 Å². The van der Waals surface area contributed by atoms with Gasteiger partial charge in [-0.3, -0.25) is 29.4 Å². The molecule has 4 aromatic carbocycles. The monoisotopic (exact) mass is 972 g/mol. The number of nitrogens with two attached hydrogens (primary N) is 2. The number of nitrogens with zero attached hydrogens (tertiary/aromatic N) is 1. The second-order valence-corrected chi connectivity index (χ2v) is 18.8. The topological polar surface area (TPSA) is 315 Å². The van der Waals surface area contributed by atoms with Crippen LogP contribution >= 0.6 is 12.6 Å². The fourth-order valence-electron chi connectivity index (χ4n) is 7.88. The van der Waals surface area contributed by atoms with Crippen LogP contribution in [-0.2, 0) is 54.5 Å². The van der Waals surface area contributed by atoms with Crippen molar-refractivity contribution in [2.45, 2.75) is 93.4 Å². The molecule has 0 radical (unpaired) electrons. The van der Waals surface area contributed by atoms with Crippen LogP contribution in [0.1, 0.15) is 49.1 Å². The van der Waals surface area contributed by atoms with E-state index in [1.165, 1.54) is 6.33 Å². The fraction of sp³-hybridized carbons (Fsp3) is 0.320. The third-order valence-corrected chi connectivity index (χ3v) is 12.1. The number of fused-ring (bicyclic) bond motifs is 2. The molecule has 2 aromatic heterocycles. The molecule has 368 valence electrons. The molecule has 0 saturated carbocycles. The molecule has 0 aliphatic heterocycles. The SMILES string of the molecule is CC(C)(S)[C@H](N)C(=O)N[C@@H](Cc1c[nH]cn1)C(=O)N[C@H](Cc1ccccc1)C(=O)N[C@@H](CCCNC(=N)N)C(=O)N[C@@H](Cc1ccc2ccccc2c1)C(=O)N[C@@H](Cc1c[nH]c2ccccc12)C(=O)O. The van der Waals surface area contributed by atoms with E-state index in [2.05, 4.69) is 59.5 Å². The molecule has 0 aliphatic carbocycles. The second-order valence-electron chi connectivity index (χ2n) is 17.7. The first kappa shape index (κ1) is 51.7. The van der Waals surface area contributed by atoms with Crippen molar-refractivity contribution >= 4 is 75.8 Å². The lowest BCUT2D eigenvalue weighted by atomic mass is 9.99. The quantitative estimate of drug-likeness (QED) is 0.0180. The van der Waals surface area contributed by atoms with Crippen LogP contribution in [0.3, 0.4) is 0 Å². The van der Waals surface area contributed by atoms with Gasteiger partial charge in [0.1, 0.15) is 30.2 Å². The summed E-state index contributed by atoms with van der Waals surface area (Å²) in [6.45, 7) is 3.46. The number of carboxylic acids is 1. The van der Waals surface area contributed by atoms with Gasteiger partial charge >= 0.3 is 5.97 Å². The number of benzene rings is 4. The number of hydrogen-bond donors (Lipinski definition) is 13. The molecule has 20 heteroatoms. The van der Waals surface area contributed by atoms with Crippen molar-refractivity contribution in [1.82, 2.24) is 46.9 Å². The Morgan fingerprint density at radius 3 is 1.90 bits per heavy atom. The molecule has 2 heterocycles. The highest BCUT2D eigenvalue weighted by Crippen LogP contribution is 2.21. The summed E-state index contributed by atoms with van der Waals surface area (Å²) in [5.41, 5.74) is 15.0. The molecule has 0 fully saturated rings. The molecule has 14 N–H and O–H groups in total. The molecule has 0 aliphatic rings. The highest BCUT2D eigenvalue weighted by atomic mass is 32.1. The summed E-state index contributed by atoms with van der Waals surface area (Å²) in [5, 5.41) is 37.0. The minimum absolute atomic E-state index is 0.0261. The number of guanidine groups is 1. The van der Waals surface area contributed by atoms with Crippen LogP contribution in [0.25, 0.3) is 21.7 Å². The summed E-state index contributed by atoms with van der Waals surface area (Å²) in [7, 11) is 0. The molecule has 0 bridgehead atoms. The van der Waals surface area contributed by atoms with Crippen LogP contribution in [0.4, 0.5) is 0 Å². The zero-order valence-electron chi connectivity index (χ0n) is 38.8. The van der Waals surface area contributed by atoms with E-state index >= 15 is 0 Å². The van der Waals surface area contributed by atoms with Crippen molar-refractivity contribution in [3.63, 3.8) is 0 Å². The first-order chi connectivity index (χ1) is 33.4. The Labute approximate surface area is 410 Å². The number of carbonyl (C=O) groups excluding carboxylic acids is 5. The van der Waals surface area contributed by atoms with Gasteiger partial charge in [-0.1, -0.05) is 91.0 Å². The molecule has 0 unspecified atom stereocenters. The number of carboxylic acid groups (broad SMARTS) is 1. The maximum Gasteiger partial charge on any atom is 0.326 e. The van der Waals surface area contributed by atoms with Crippen LogP contribution in [0.5, 0.6) is 0 Å². The number of aromatic nitrogens is 3. The van der Waals surface area contributed by atoms with Crippen LogP contribution < -0.4 is 43.4 Å². The summed E-state index contributed by atoms with van der Waals surface area (Å²) in [5.74, 6) is -5.33. The Morgan fingerprint density at radius 2 is 1.26 bits per heavy atom. The lowest BCUT2D eigenvalue weighted by Gasteiger charge is -2.29. The maximum atomic E-state index is 14.6. The van der Waals surface area contributed by atoms with Gasteiger partial charge < -0.3 is 58.4 Å². The molecule has 19 nitrogen and oxygen atoms in total. The molecule has 6 rings (SSSR count). The molecule has 0 spiro atoms. The number of amides is 5. The normalized spacial score (nSPS) is 14.0. The maximum absolute atomic E-state index is 14.6. The van der Waals surface area contributed by atoms with E-state index in [1.54, 1.807) is 56.6 Å². The van der Waals surface area contributed by atoms with Gasteiger partial charge in [-0.25, -0.2) is 9.78 Å². The lowest BCUT2D eigenvalue weighted by molar-refractivity contribution is -0.142. The zero-order chi connectivity index (χ0) is 50.4. The van der Waals surface area contributed by atoms with E-state index in [9.17, 15) is 33.9 Å². The van der Waals surface area contributed by atoms with Crippen molar-refractivity contribution in [3.8, 4) is 0 Å². The number of para-hydroxylation sites is 1. The number of hydrogen-bond acceptors (Lipinski definition) is 10. The number of rotatable bonds is 24. The van der Waals surface area contributed by atoms with Gasteiger partial charge in [0.15, 0.2) is 5.96 Å².